The zero-order valence-electron chi connectivity index (χ0n) is 12.7. The molecule has 3 rings (SSSR count). The van der Waals surface area contributed by atoms with Gasteiger partial charge in [-0.1, -0.05) is 42.3 Å². The van der Waals surface area contributed by atoms with Gasteiger partial charge in [0.05, 0.1) is 0 Å². The minimum Gasteiger partial charge on any atom is -0.481 e. The fourth-order valence-electron chi connectivity index (χ4n) is 2.42. The van der Waals surface area contributed by atoms with Crippen molar-refractivity contribution in [3.63, 3.8) is 0 Å². The second-order valence-corrected chi connectivity index (χ2v) is 4.99. The van der Waals surface area contributed by atoms with E-state index in [-0.39, 0.29) is 6.61 Å². The first-order valence-corrected chi connectivity index (χ1v) is 7.45. The molecule has 0 heterocycles. The summed E-state index contributed by atoms with van der Waals surface area (Å²) in [6.45, 7) is 0.278. The van der Waals surface area contributed by atoms with Crippen LogP contribution in [0.25, 0.3) is 0 Å². The number of para-hydroxylation sites is 2. The Labute approximate surface area is 137 Å². The molecule has 0 unspecified atom stereocenters. The largest absolute Gasteiger partial charge is 0.481 e. The topological polar surface area (TPSA) is 12.5 Å². The van der Waals surface area contributed by atoms with Gasteiger partial charge in [-0.3, -0.25) is 0 Å². The summed E-state index contributed by atoms with van der Waals surface area (Å²) in [5.74, 6) is 3.24. The van der Waals surface area contributed by atoms with Gasteiger partial charge in [0.15, 0.2) is 0 Å². The molecular formula is C21H17NO. The summed E-state index contributed by atoms with van der Waals surface area (Å²) >= 11 is 0. The molecule has 0 aliphatic heterocycles. The number of terminal acetylenes is 1. The fourth-order valence-corrected chi connectivity index (χ4v) is 2.42. The monoisotopic (exact) mass is 299 g/mol. The van der Waals surface area contributed by atoms with Crippen molar-refractivity contribution < 1.29 is 4.74 Å². The van der Waals surface area contributed by atoms with Gasteiger partial charge in [0.1, 0.15) is 12.4 Å². The lowest BCUT2D eigenvalue weighted by Gasteiger charge is -2.25. The van der Waals surface area contributed by atoms with Gasteiger partial charge >= 0.3 is 0 Å². The van der Waals surface area contributed by atoms with E-state index in [0.29, 0.717) is 0 Å². The summed E-state index contributed by atoms with van der Waals surface area (Å²) in [4.78, 5) is 2.20. The maximum absolute atomic E-state index is 5.45. The van der Waals surface area contributed by atoms with Gasteiger partial charge in [-0.15, -0.1) is 6.42 Å². The highest BCUT2D eigenvalue weighted by atomic mass is 16.5. The predicted molar refractivity (Wildman–Crippen MR) is 95.5 cm³/mol. The van der Waals surface area contributed by atoms with Crippen molar-refractivity contribution in [3.8, 4) is 18.1 Å². The zero-order valence-corrected chi connectivity index (χ0v) is 12.7. The summed E-state index contributed by atoms with van der Waals surface area (Å²) in [5, 5.41) is 0. The van der Waals surface area contributed by atoms with Crippen molar-refractivity contribution in [2.24, 2.45) is 0 Å². The summed E-state index contributed by atoms with van der Waals surface area (Å²) in [5.41, 5.74) is 3.28. The Balaban J connectivity index is 1.98. The van der Waals surface area contributed by atoms with Crippen LogP contribution < -0.4 is 9.64 Å². The van der Waals surface area contributed by atoms with E-state index >= 15 is 0 Å². The van der Waals surface area contributed by atoms with Crippen LogP contribution in [-0.2, 0) is 0 Å². The molecule has 0 radical (unpaired) electrons. The second-order valence-electron chi connectivity index (χ2n) is 4.99. The van der Waals surface area contributed by atoms with Gasteiger partial charge in [0, 0.05) is 17.1 Å². The third-order valence-electron chi connectivity index (χ3n) is 3.45. The quantitative estimate of drug-likeness (QED) is 0.603. The Morgan fingerprint density at radius 3 is 1.65 bits per heavy atom. The molecule has 0 fully saturated rings. The summed E-state index contributed by atoms with van der Waals surface area (Å²) in [6.07, 6.45) is 5.22. The number of hydrogen-bond donors (Lipinski definition) is 0. The molecule has 0 N–H and O–H groups in total. The molecule has 0 saturated heterocycles. The molecule has 0 atom stereocenters. The Morgan fingerprint density at radius 2 is 1.17 bits per heavy atom. The molecule has 112 valence electrons. The van der Waals surface area contributed by atoms with Crippen molar-refractivity contribution >= 4 is 17.1 Å². The number of nitrogens with zero attached hydrogens (tertiary/aromatic N) is 1. The molecule has 0 aliphatic rings. The summed E-state index contributed by atoms with van der Waals surface area (Å²) in [6, 6.07) is 28.5. The molecular weight excluding hydrogens is 282 g/mol. The average molecular weight is 299 g/mol. The molecule has 0 aliphatic carbocycles. The molecule has 0 amide bonds. The first-order valence-electron chi connectivity index (χ1n) is 7.45. The van der Waals surface area contributed by atoms with Gasteiger partial charge < -0.3 is 9.64 Å². The van der Waals surface area contributed by atoms with Gasteiger partial charge in [-0.25, -0.2) is 0 Å². The first-order chi connectivity index (χ1) is 11.4. The Hall–Kier alpha value is -3.18. The first kappa shape index (κ1) is 14.7. The highest BCUT2D eigenvalue weighted by Gasteiger charge is 2.11. The molecule has 0 bridgehead atoms. The lowest BCUT2D eigenvalue weighted by Crippen LogP contribution is -2.09. The normalized spacial score (nSPS) is 9.87. The number of ether oxygens (including phenoxy) is 1. The van der Waals surface area contributed by atoms with Crippen LogP contribution in [0, 0.1) is 12.3 Å². The van der Waals surface area contributed by atoms with Crippen LogP contribution in [-0.4, -0.2) is 6.61 Å². The molecule has 3 aromatic carbocycles. The average Bonchev–Trinajstić information content (AvgIpc) is 2.63. The molecule has 0 spiro atoms. The van der Waals surface area contributed by atoms with Crippen LogP contribution in [0.2, 0.25) is 0 Å². The van der Waals surface area contributed by atoms with Crippen LogP contribution >= 0.6 is 0 Å². The van der Waals surface area contributed by atoms with E-state index in [1.54, 1.807) is 0 Å². The summed E-state index contributed by atoms with van der Waals surface area (Å²) in [7, 11) is 0. The predicted octanol–water partition coefficient (Wildman–Crippen LogP) is 5.17. The highest BCUT2D eigenvalue weighted by Crippen LogP contribution is 2.34. The second kappa shape index (κ2) is 7.20. The lowest BCUT2D eigenvalue weighted by atomic mass is 10.2. The fraction of sp³-hybridized carbons (Fsp3) is 0.0476. The van der Waals surface area contributed by atoms with E-state index in [9.17, 15) is 0 Å². The molecule has 2 nitrogen and oxygen atoms in total. The molecule has 2 heteroatoms. The number of anilines is 3. The molecule has 0 saturated carbocycles. The van der Waals surface area contributed by atoms with Gasteiger partial charge in [-0.05, 0) is 48.5 Å². The zero-order chi connectivity index (χ0) is 15.9. The van der Waals surface area contributed by atoms with E-state index in [1.807, 2.05) is 60.7 Å². The van der Waals surface area contributed by atoms with Crippen LogP contribution in [0.15, 0.2) is 84.9 Å². The van der Waals surface area contributed by atoms with E-state index in [2.05, 4.69) is 35.1 Å². The molecule has 0 aromatic heterocycles. The Morgan fingerprint density at radius 1 is 0.696 bits per heavy atom. The number of hydrogen-bond acceptors (Lipinski definition) is 2. The smallest absolute Gasteiger partial charge is 0.148 e. The van der Waals surface area contributed by atoms with Gasteiger partial charge in [0.2, 0.25) is 0 Å². The maximum Gasteiger partial charge on any atom is 0.148 e. The van der Waals surface area contributed by atoms with Crippen molar-refractivity contribution in [2.75, 3.05) is 11.5 Å². The summed E-state index contributed by atoms with van der Waals surface area (Å²) < 4.78 is 5.45. The number of benzene rings is 3. The van der Waals surface area contributed by atoms with Gasteiger partial charge in [0.25, 0.3) is 0 Å². The molecule has 3 aromatic rings. The Bertz CT molecular complexity index is 734. The highest BCUT2D eigenvalue weighted by molar-refractivity contribution is 5.76. The standard InChI is InChI=1S/C21H17NO/c1-2-17-23-21-15-13-20(14-16-21)22(18-9-5-3-6-10-18)19-11-7-4-8-12-19/h1,3-16H,17H2. The van der Waals surface area contributed by atoms with Gasteiger partial charge in [-0.2, -0.15) is 0 Å². The minimum absolute atomic E-state index is 0.278. The van der Waals surface area contributed by atoms with Crippen LogP contribution in [0.4, 0.5) is 17.1 Å². The third-order valence-corrected chi connectivity index (χ3v) is 3.45. The molecule has 23 heavy (non-hydrogen) atoms. The van der Waals surface area contributed by atoms with Crippen LogP contribution in [0.1, 0.15) is 0 Å². The van der Waals surface area contributed by atoms with Crippen molar-refractivity contribution in [3.05, 3.63) is 84.9 Å². The maximum atomic E-state index is 5.45. The number of rotatable bonds is 5. The third kappa shape index (κ3) is 3.53. The lowest BCUT2D eigenvalue weighted by molar-refractivity contribution is 0.370. The van der Waals surface area contributed by atoms with Crippen molar-refractivity contribution in [2.45, 2.75) is 0 Å². The van der Waals surface area contributed by atoms with E-state index in [4.69, 9.17) is 11.2 Å². The van der Waals surface area contributed by atoms with Crippen LogP contribution in [0.5, 0.6) is 5.75 Å². The SMILES string of the molecule is C#CCOc1ccc(N(c2ccccc2)c2ccccc2)cc1. The Kier molecular flexibility index (Phi) is 4.61. The minimum atomic E-state index is 0.278. The van der Waals surface area contributed by atoms with E-state index in [0.717, 1.165) is 22.8 Å². The van der Waals surface area contributed by atoms with E-state index in [1.165, 1.54) is 0 Å². The van der Waals surface area contributed by atoms with Crippen molar-refractivity contribution in [1.29, 1.82) is 0 Å². The van der Waals surface area contributed by atoms with Crippen molar-refractivity contribution in [1.82, 2.24) is 0 Å². The van der Waals surface area contributed by atoms with Crippen LogP contribution in [0.3, 0.4) is 0 Å². The van der Waals surface area contributed by atoms with E-state index < -0.39 is 0 Å².